The van der Waals surface area contributed by atoms with E-state index in [9.17, 15) is 8.42 Å². The monoisotopic (exact) mass is 263 g/mol. The number of H-pyrrole nitrogens is 1. The van der Waals surface area contributed by atoms with Gasteiger partial charge in [-0.1, -0.05) is 6.07 Å². The van der Waals surface area contributed by atoms with Crippen LogP contribution >= 0.6 is 0 Å². The van der Waals surface area contributed by atoms with Crippen LogP contribution in [-0.2, 0) is 22.9 Å². The number of hydrogen-bond acceptors (Lipinski definition) is 3. The van der Waals surface area contributed by atoms with Crippen molar-refractivity contribution in [2.24, 2.45) is 0 Å². The molecule has 5 nitrogen and oxygen atoms in total. The fourth-order valence-electron chi connectivity index (χ4n) is 2.24. The Balaban J connectivity index is 1.89. The van der Waals surface area contributed by atoms with E-state index >= 15 is 0 Å². The first-order valence-corrected chi connectivity index (χ1v) is 7.27. The quantitative estimate of drug-likeness (QED) is 0.885. The summed E-state index contributed by atoms with van der Waals surface area (Å²) in [6.45, 7) is 0. The zero-order chi connectivity index (χ0) is 12.6. The van der Waals surface area contributed by atoms with Gasteiger partial charge in [-0.15, -0.1) is 0 Å². The van der Waals surface area contributed by atoms with Crippen LogP contribution in [0.2, 0.25) is 0 Å². The van der Waals surface area contributed by atoms with Crippen molar-refractivity contribution in [3.8, 4) is 0 Å². The van der Waals surface area contributed by atoms with E-state index in [2.05, 4.69) is 14.9 Å². The van der Waals surface area contributed by atoms with E-state index < -0.39 is 10.0 Å². The van der Waals surface area contributed by atoms with Gasteiger partial charge in [0.2, 0.25) is 0 Å². The third kappa shape index (κ3) is 1.99. The highest BCUT2D eigenvalue weighted by atomic mass is 32.2. The molecule has 1 heterocycles. The Labute approximate surface area is 105 Å². The second kappa shape index (κ2) is 4.13. The number of nitrogens with one attached hydrogen (secondary N) is 2. The summed E-state index contributed by atoms with van der Waals surface area (Å²) in [6.07, 6.45) is 5.90. The lowest BCUT2D eigenvalue weighted by atomic mass is 10.1. The van der Waals surface area contributed by atoms with Gasteiger partial charge in [0.15, 0.2) is 0 Å². The normalized spacial score (nSPS) is 14.4. The maximum absolute atomic E-state index is 12.0. The molecule has 6 heteroatoms. The average molecular weight is 263 g/mol. The predicted octanol–water partition coefficient (Wildman–Crippen LogP) is 1.70. The van der Waals surface area contributed by atoms with Crippen LogP contribution in [0.4, 0.5) is 5.69 Å². The van der Waals surface area contributed by atoms with Gasteiger partial charge in [0, 0.05) is 11.9 Å². The molecule has 18 heavy (non-hydrogen) atoms. The molecule has 0 amide bonds. The molecule has 1 aromatic heterocycles. The minimum atomic E-state index is -3.53. The topological polar surface area (TPSA) is 74.8 Å². The van der Waals surface area contributed by atoms with Crippen molar-refractivity contribution < 1.29 is 8.42 Å². The lowest BCUT2D eigenvalue weighted by Gasteiger charge is -2.08. The zero-order valence-corrected chi connectivity index (χ0v) is 10.5. The molecule has 0 spiro atoms. The van der Waals surface area contributed by atoms with Gasteiger partial charge < -0.3 is 0 Å². The molecule has 0 saturated carbocycles. The van der Waals surface area contributed by atoms with Gasteiger partial charge in [0.25, 0.3) is 10.0 Å². The van der Waals surface area contributed by atoms with Gasteiger partial charge in [-0.05, 0) is 42.5 Å². The van der Waals surface area contributed by atoms with Crippen LogP contribution in [-0.4, -0.2) is 18.6 Å². The Kier molecular flexibility index (Phi) is 2.59. The van der Waals surface area contributed by atoms with Crippen molar-refractivity contribution in [1.82, 2.24) is 10.2 Å². The van der Waals surface area contributed by atoms with Gasteiger partial charge in [-0.2, -0.15) is 5.10 Å². The molecule has 0 radical (unpaired) electrons. The number of fused-ring (bicyclic) bond motifs is 1. The van der Waals surface area contributed by atoms with Gasteiger partial charge >= 0.3 is 0 Å². The molecule has 1 aliphatic rings. The maximum atomic E-state index is 12.0. The highest BCUT2D eigenvalue weighted by Gasteiger charge is 2.17. The number of hydrogen-bond donors (Lipinski definition) is 2. The number of benzene rings is 1. The van der Waals surface area contributed by atoms with Crippen LogP contribution in [0, 0.1) is 0 Å². The predicted molar refractivity (Wildman–Crippen MR) is 67.9 cm³/mol. The van der Waals surface area contributed by atoms with Crippen LogP contribution in [0.15, 0.2) is 35.5 Å². The minimum absolute atomic E-state index is 0.142. The third-order valence-electron chi connectivity index (χ3n) is 3.13. The summed E-state index contributed by atoms with van der Waals surface area (Å²) < 4.78 is 26.5. The smallest absolute Gasteiger partial charge is 0.265 e. The van der Waals surface area contributed by atoms with Crippen molar-refractivity contribution in [1.29, 1.82) is 0 Å². The Morgan fingerprint density at radius 2 is 2.06 bits per heavy atom. The van der Waals surface area contributed by atoms with E-state index in [1.54, 1.807) is 0 Å². The van der Waals surface area contributed by atoms with Gasteiger partial charge in [-0.3, -0.25) is 9.82 Å². The second-order valence-electron chi connectivity index (χ2n) is 4.38. The number of aromatic amines is 1. The third-order valence-corrected chi connectivity index (χ3v) is 4.48. The molecular weight excluding hydrogens is 250 g/mol. The Hall–Kier alpha value is -1.82. The van der Waals surface area contributed by atoms with Gasteiger partial charge in [0.05, 0.1) is 6.20 Å². The molecule has 1 aromatic carbocycles. The van der Waals surface area contributed by atoms with E-state index in [1.165, 1.54) is 23.5 Å². The second-order valence-corrected chi connectivity index (χ2v) is 6.06. The van der Waals surface area contributed by atoms with E-state index in [1.807, 2.05) is 18.2 Å². The first-order valence-electron chi connectivity index (χ1n) is 5.78. The van der Waals surface area contributed by atoms with Crippen molar-refractivity contribution in [2.45, 2.75) is 24.2 Å². The Morgan fingerprint density at radius 3 is 2.83 bits per heavy atom. The number of aromatic nitrogens is 2. The molecule has 1 aliphatic carbocycles. The summed E-state index contributed by atoms with van der Waals surface area (Å²) in [6, 6.07) is 5.72. The SMILES string of the molecule is O=S(=O)(Nc1ccc2c(c1)CCC2)c1cn[nH]c1. The number of rotatable bonds is 3. The standard InChI is InChI=1S/C12H13N3O2S/c16-18(17,12-7-13-14-8-12)15-11-5-4-9-2-1-3-10(9)6-11/h4-8,15H,1-3H2,(H,13,14). The molecule has 2 N–H and O–H groups in total. The maximum Gasteiger partial charge on any atom is 0.265 e. The Morgan fingerprint density at radius 1 is 1.22 bits per heavy atom. The fraction of sp³-hybridized carbons (Fsp3) is 0.250. The number of nitrogens with zero attached hydrogens (tertiary/aromatic N) is 1. The van der Waals surface area contributed by atoms with Crippen molar-refractivity contribution in [2.75, 3.05) is 4.72 Å². The van der Waals surface area contributed by atoms with E-state index in [4.69, 9.17) is 0 Å². The van der Waals surface area contributed by atoms with Crippen molar-refractivity contribution in [3.05, 3.63) is 41.7 Å². The van der Waals surface area contributed by atoms with Crippen LogP contribution in [0.3, 0.4) is 0 Å². The summed E-state index contributed by atoms with van der Waals surface area (Å²) in [5.41, 5.74) is 3.17. The lowest BCUT2D eigenvalue weighted by Crippen LogP contribution is -2.12. The summed E-state index contributed by atoms with van der Waals surface area (Å²) in [7, 11) is -3.53. The Bertz CT molecular complexity index is 663. The fourth-order valence-corrected chi connectivity index (χ4v) is 3.19. The number of aryl methyl sites for hydroxylation is 2. The summed E-state index contributed by atoms with van der Waals surface area (Å²) in [5, 5.41) is 6.14. The van der Waals surface area contributed by atoms with E-state index in [0.717, 1.165) is 19.3 Å². The molecule has 3 rings (SSSR count). The van der Waals surface area contributed by atoms with Gasteiger partial charge in [0.1, 0.15) is 4.90 Å². The molecule has 0 bridgehead atoms. The van der Waals surface area contributed by atoms with Crippen LogP contribution < -0.4 is 4.72 Å². The average Bonchev–Trinajstić information content (AvgIpc) is 2.99. The van der Waals surface area contributed by atoms with Gasteiger partial charge in [-0.25, -0.2) is 8.42 Å². The summed E-state index contributed by atoms with van der Waals surface area (Å²) >= 11 is 0. The molecular formula is C12H13N3O2S. The molecule has 2 aromatic rings. The summed E-state index contributed by atoms with van der Waals surface area (Å²) in [5.74, 6) is 0. The molecule has 0 fully saturated rings. The molecule has 0 saturated heterocycles. The number of sulfonamides is 1. The largest absolute Gasteiger partial charge is 0.284 e. The summed E-state index contributed by atoms with van der Waals surface area (Å²) in [4.78, 5) is 0.142. The van der Waals surface area contributed by atoms with Crippen LogP contribution in [0.5, 0.6) is 0 Å². The minimum Gasteiger partial charge on any atom is -0.284 e. The molecule has 0 unspecified atom stereocenters. The van der Waals surface area contributed by atoms with E-state index in [0.29, 0.717) is 5.69 Å². The van der Waals surface area contributed by atoms with Crippen LogP contribution in [0.1, 0.15) is 17.5 Å². The number of anilines is 1. The highest BCUT2D eigenvalue weighted by Crippen LogP contribution is 2.26. The molecule has 0 aliphatic heterocycles. The molecule has 94 valence electrons. The van der Waals surface area contributed by atoms with Crippen molar-refractivity contribution >= 4 is 15.7 Å². The molecule has 0 atom stereocenters. The first kappa shape index (κ1) is 11.3. The van der Waals surface area contributed by atoms with Crippen molar-refractivity contribution in [3.63, 3.8) is 0 Å². The lowest BCUT2D eigenvalue weighted by molar-refractivity contribution is 0.601. The van der Waals surface area contributed by atoms with E-state index in [-0.39, 0.29) is 4.90 Å². The zero-order valence-electron chi connectivity index (χ0n) is 9.68. The highest BCUT2D eigenvalue weighted by molar-refractivity contribution is 7.92. The van der Waals surface area contributed by atoms with Crippen LogP contribution in [0.25, 0.3) is 0 Å². The first-order chi connectivity index (χ1) is 8.65.